The smallest absolute Gasteiger partial charge is 0.237 e. The number of rotatable bonds is 7. The maximum atomic E-state index is 11.9. The molecule has 5 nitrogen and oxygen atoms in total. The van der Waals surface area contributed by atoms with E-state index in [-0.39, 0.29) is 5.91 Å². The summed E-state index contributed by atoms with van der Waals surface area (Å²) in [6, 6.07) is 3.16. The Kier molecular flexibility index (Phi) is 6.98. The predicted molar refractivity (Wildman–Crippen MR) is 86.5 cm³/mol. The maximum Gasteiger partial charge on any atom is 0.237 e. The van der Waals surface area contributed by atoms with Crippen LogP contribution in [0.2, 0.25) is 0 Å². The van der Waals surface area contributed by atoms with Crippen molar-refractivity contribution in [2.45, 2.75) is 32.9 Å². The van der Waals surface area contributed by atoms with Crippen LogP contribution in [-0.4, -0.2) is 26.2 Å². The zero-order chi connectivity index (χ0) is 16.0. The standard InChI is InChI=1S/C15H23BrN2O3/c1-9(2)5-12(17)15(19)18-8-10-6-13(20-3)14(21-4)7-11(10)16/h6-7,9,12H,5,8,17H2,1-4H3,(H,18,19)/t12-/m0/s1. The van der Waals surface area contributed by atoms with Gasteiger partial charge in [0.2, 0.25) is 5.91 Å². The fourth-order valence-electron chi connectivity index (χ4n) is 1.96. The van der Waals surface area contributed by atoms with Gasteiger partial charge in [-0.1, -0.05) is 29.8 Å². The SMILES string of the molecule is COc1cc(Br)c(CNC(=O)[C@@H](N)CC(C)C)cc1OC. The fraction of sp³-hybridized carbons (Fsp3) is 0.533. The number of nitrogens with one attached hydrogen (secondary N) is 1. The minimum Gasteiger partial charge on any atom is -0.493 e. The third-order valence-corrected chi connectivity index (χ3v) is 3.81. The van der Waals surface area contributed by atoms with Crippen molar-refractivity contribution in [3.63, 3.8) is 0 Å². The second kappa shape index (κ2) is 8.24. The summed E-state index contributed by atoms with van der Waals surface area (Å²) in [4.78, 5) is 11.9. The van der Waals surface area contributed by atoms with E-state index >= 15 is 0 Å². The van der Waals surface area contributed by atoms with Crippen molar-refractivity contribution in [2.24, 2.45) is 11.7 Å². The van der Waals surface area contributed by atoms with E-state index < -0.39 is 6.04 Å². The highest BCUT2D eigenvalue weighted by molar-refractivity contribution is 9.10. The summed E-state index contributed by atoms with van der Waals surface area (Å²) >= 11 is 3.46. The summed E-state index contributed by atoms with van der Waals surface area (Å²) in [5, 5.41) is 2.84. The van der Waals surface area contributed by atoms with Gasteiger partial charge in [0.25, 0.3) is 0 Å². The molecule has 21 heavy (non-hydrogen) atoms. The van der Waals surface area contributed by atoms with Gasteiger partial charge in [-0.05, 0) is 30.0 Å². The van der Waals surface area contributed by atoms with Crippen molar-refractivity contribution in [2.75, 3.05) is 14.2 Å². The number of ether oxygens (including phenoxy) is 2. The zero-order valence-corrected chi connectivity index (χ0v) is 14.5. The Bertz CT molecular complexity index is 492. The third kappa shape index (κ3) is 5.21. The molecular weight excluding hydrogens is 336 g/mol. The normalized spacial score (nSPS) is 12.1. The number of benzene rings is 1. The molecule has 0 aliphatic carbocycles. The molecule has 118 valence electrons. The molecule has 0 saturated heterocycles. The van der Waals surface area contributed by atoms with Crippen LogP contribution < -0.4 is 20.5 Å². The van der Waals surface area contributed by atoms with Crippen LogP contribution in [0.15, 0.2) is 16.6 Å². The number of hydrogen-bond donors (Lipinski definition) is 2. The molecular formula is C15H23BrN2O3. The third-order valence-electron chi connectivity index (χ3n) is 3.07. The van der Waals surface area contributed by atoms with E-state index in [4.69, 9.17) is 15.2 Å². The molecule has 0 aliphatic heterocycles. The Balaban J connectivity index is 2.73. The molecule has 0 radical (unpaired) electrons. The molecule has 0 aromatic heterocycles. The second-order valence-electron chi connectivity index (χ2n) is 5.25. The van der Waals surface area contributed by atoms with E-state index in [9.17, 15) is 4.79 Å². The summed E-state index contributed by atoms with van der Waals surface area (Å²) < 4.78 is 11.3. The van der Waals surface area contributed by atoms with Gasteiger partial charge in [0.15, 0.2) is 11.5 Å². The maximum absolute atomic E-state index is 11.9. The van der Waals surface area contributed by atoms with Crippen LogP contribution in [0.5, 0.6) is 11.5 Å². The minimum atomic E-state index is -0.482. The number of carbonyl (C=O) groups excluding carboxylic acids is 1. The van der Waals surface area contributed by atoms with Crippen molar-refractivity contribution in [1.82, 2.24) is 5.32 Å². The van der Waals surface area contributed by atoms with Crippen LogP contribution in [0.1, 0.15) is 25.8 Å². The first kappa shape index (κ1) is 17.8. The van der Waals surface area contributed by atoms with Gasteiger partial charge in [-0.2, -0.15) is 0 Å². The average molecular weight is 359 g/mol. The minimum absolute atomic E-state index is 0.148. The molecule has 0 aliphatic rings. The molecule has 0 unspecified atom stereocenters. The lowest BCUT2D eigenvalue weighted by atomic mass is 10.0. The first-order chi connectivity index (χ1) is 9.88. The topological polar surface area (TPSA) is 73.6 Å². The van der Waals surface area contributed by atoms with Crippen LogP contribution in [0, 0.1) is 5.92 Å². The van der Waals surface area contributed by atoms with Crippen LogP contribution in [-0.2, 0) is 11.3 Å². The molecule has 0 spiro atoms. The van der Waals surface area contributed by atoms with Gasteiger partial charge in [-0.3, -0.25) is 4.79 Å². The molecule has 0 saturated carbocycles. The molecule has 0 fully saturated rings. The lowest BCUT2D eigenvalue weighted by molar-refractivity contribution is -0.122. The van der Waals surface area contributed by atoms with Gasteiger partial charge in [-0.15, -0.1) is 0 Å². The van der Waals surface area contributed by atoms with Crippen molar-refractivity contribution in [3.8, 4) is 11.5 Å². The van der Waals surface area contributed by atoms with E-state index in [0.717, 1.165) is 10.0 Å². The summed E-state index contributed by atoms with van der Waals surface area (Å²) in [5.41, 5.74) is 6.75. The van der Waals surface area contributed by atoms with Crippen molar-refractivity contribution < 1.29 is 14.3 Å². The molecule has 6 heteroatoms. The van der Waals surface area contributed by atoms with Crippen molar-refractivity contribution in [1.29, 1.82) is 0 Å². The lowest BCUT2D eigenvalue weighted by Gasteiger charge is -2.16. The van der Waals surface area contributed by atoms with E-state index in [2.05, 4.69) is 21.2 Å². The largest absolute Gasteiger partial charge is 0.493 e. The molecule has 1 aromatic carbocycles. The highest BCUT2D eigenvalue weighted by Gasteiger charge is 2.16. The molecule has 0 heterocycles. The summed E-state index contributed by atoms with van der Waals surface area (Å²) in [7, 11) is 3.16. The Morgan fingerprint density at radius 3 is 2.38 bits per heavy atom. The van der Waals surface area contributed by atoms with Crippen molar-refractivity contribution >= 4 is 21.8 Å². The quantitative estimate of drug-likeness (QED) is 0.784. The Hall–Kier alpha value is -1.27. The number of halogens is 1. The number of amides is 1. The molecule has 1 atom stereocenters. The average Bonchev–Trinajstić information content (AvgIpc) is 2.44. The van der Waals surface area contributed by atoms with E-state index in [0.29, 0.717) is 30.4 Å². The number of methoxy groups -OCH3 is 2. The van der Waals surface area contributed by atoms with Crippen molar-refractivity contribution in [3.05, 3.63) is 22.2 Å². The van der Waals surface area contributed by atoms with Crippen LogP contribution in [0.3, 0.4) is 0 Å². The predicted octanol–water partition coefficient (Wildman–Crippen LogP) is 2.46. The lowest BCUT2D eigenvalue weighted by Crippen LogP contribution is -2.41. The molecule has 0 bridgehead atoms. The molecule has 1 aromatic rings. The molecule has 1 rings (SSSR count). The zero-order valence-electron chi connectivity index (χ0n) is 12.9. The van der Waals surface area contributed by atoms with Gasteiger partial charge in [0, 0.05) is 11.0 Å². The first-order valence-corrected chi connectivity index (χ1v) is 7.62. The number of nitrogens with two attached hydrogens (primary N) is 1. The highest BCUT2D eigenvalue weighted by atomic mass is 79.9. The van der Waals surface area contributed by atoms with Crippen LogP contribution >= 0.6 is 15.9 Å². The van der Waals surface area contributed by atoms with Crippen LogP contribution in [0.25, 0.3) is 0 Å². The summed E-state index contributed by atoms with van der Waals surface area (Å²) in [6.07, 6.45) is 0.666. The van der Waals surface area contributed by atoms with Gasteiger partial charge in [0.05, 0.1) is 20.3 Å². The van der Waals surface area contributed by atoms with Gasteiger partial charge >= 0.3 is 0 Å². The molecule has 1 amide bonds. The monoisotopic (exact) mass is 358 g/mol. The molecule has 3 N–H and O–H groups in total. The Morgan fingerprint density at radius 1 is 1.29 bits per heavy atom. The Labute approximate surface area is 134 Å². The van der Waals surface area contributed by atoms with Crippen LogP contribution in [0.4, 0.5) is 0 Å². The Morgan fingerprint density at radius 2 is 1.86 bits per heavy atom. The highest BCUT2D eigenvalue weighted by Crippen LogP contribution is 2.33. The van der Waals surface area contributed by atoms with E-state index in [1.807, 2.05) is 26.0 Å². The summed E-state index contributed by atoms with van der Waals surface area (Å²) in [5.74, 6) is 1.50. The van der Waals surface area contributed by atoms with Gasteiger partial charge < -0.3 is 20.5 Å². The second-order valence-corrected chi connectivity index (χ2v) is 6.11. The van der Waals surface area contributed by atoms with Gasteiger partial charge in [-0.25, -0.2) is 0 Å². The number of carbonyl (C=O) groups is 1. The van der Waals surface area contributed by atoms with E-state index in [1.165, 1.54) is 0 Å². The fourth-order valence-corrected chi connectivity index (χ4v) is 2.42. The van der Waals surface area contributed by atoms with E-state index in [1.54, 1.807) is 14.2 Å². The van der Waals surface area contributed by atoms with Gasteiger partial charge in [0.1, 0.15) is 0 Å². The number of hydrogen-bond acceptors (Lipinski definition) is 4. The summed E-state index contributed by atoms with van der Waals surface area (Å²) in [6.45, 7) is 4.46. The first-order valence-electron chi connectivity index (χ1n) is 6.82.